The van der Waals surface area contributed by atoms with Crippen molar-refractivity contribution in [2.45, 2.75) is 27.7 Å². The van der Waals surface area contributed by atoms with Crippen LogP contribution in [0.3, 0.4) is 0 Å². The maximum absolute atomic E-state index is 5.54. The molecule has 0 fully saturated rings. The van der Waals surface area contributed by atoms with Gasteiger partial charge in [-0.1, -0.05) is 19.9 Å². The summed E-state index contributed by atoms with van der Waals surface area (Å²) in [6.07, 6.45) is 0. The van der Waals surface area contributed by atoms with Gasteiger partial charge in [-0.25, -0.2) is 0 Å². The van der Waals surface area contributed by atoms with Gasteiger partial charge >= 0.3 is 0 Å². The van der Waals surface area contributed by atoms with E-state index in [1.54, 1.807) is 0 Å². The summed E-state index contributed by atoms with van der Waals surface area (Å²) in [5.74, 6) is 0.965. The molecule has 0 radical (unpaired) electrons. The highest BCUT2D eigenvalue weighted by molar-refractivity contribution is 5.58. The van der Waals surface area contributed by atoms with Gasteiger partial charge in [0, 0.05) is 14.1 Å². The lowest BCUT2D eigenvalue weighted by Gasteiger charge is -2.17. The van der Waals surface area contributed by atoms with Crippen LogP contribution in [0.4, 0.5) is 5.69 Å². The van der Waals surface area contributed by atoms with E-state index in [4.69, 9.17) is 4.74 Å². The molecule has 0 aliphatic heterocycles. The van der Waals surface area contributed by atoms with Gasteiger partial charge in [-0.2, -0.15) is 0 Å². The molecule has 15 heavy (non-hydrogen) atoms. The molecular formula is C13H23NO. The van der Waals surface area contributed by atoms with E-state index in [1.165, 1.54) is 5.56 Å². The number of nitrogens with zero attached hydrogens (tertiary/aromatic N) is 1. The molecule has 2 nitrogen and oxygen atoms in total. The zero-order chi connectivity index (χ0) is 11.8. The Balaban J connectivity index is 0.000000921. The molecule has 0 atom stereocenters. The molecule has 86 valence electrons. The van der Waals surface area contributed by atoms with Crippen LogP contribution in [0, 0.1) is 6.92 Å². The van der Waals surface area contributed by atoms with Crippen molar-refractivity contribution in [3.05, 3.63) is 23.8 Å². The summed E-state index contributed by atoms with van der Waals surface area (Å²) in [5, 5.41) is 0. The van der Waals surface area contributed by atoms with Gasteiger partial charge in [-0.3, -0.25) is 0 Å². The van der Waals surface area contributed by atoms with Crippen LogP contribution in [0.1, 0.15) is 26.3 Å². The maximum atomic E-state index is 5.54. The molecule has 0 N–H and O–H groups in total. The molecule has 0 unspecified atom stereocenters. The Morgan fingerprint density at radius 2 is 1.80 bits per heavy atom. The first-order chi connectivity index (χ1) is 7.15. The van der Waals surface area contributed by atoms with Gasteiger partial charge in [0.05, 0.1) is 12.3 Å². The number of anilines is 1. The maximum Gasteiger partial charge on any atom is 0.142 e. The number of rotatable bonds is 3. The molecule has 1 rings (SSSR count). The fourth-order valence-corrected chi connectivity index (χ4v) is 1.26. The SMILES string of the molecule is CC.CCOc1cc(C)ccc1N(C)C. The van der Waals surface area contributed by atoms with Crippen molar-refractivity contribution < 1.29 is 4.74 Å². The standard InChI is InChI=1S/C11H17NO.C2H6/c1-5-13-11-8-9(2)6-7-10(11)12(3)4;1-2/h6-8H,5H2,1-4H3;1-2H3. The number of hydrogen-bond donors (Lipinski definition) is 0. The van der Waals surface area contributed by atoms with Crippen LogP contribution in [-0.2, 0) is 0 Å². The molecule has 0 heterocycles. The van der Waals surface area contributed by atoms with E-state index >= 15 is 0 Å². The summed E-state index contributed by atoms with van der Waals surface area (Å²) < 4.78 is 5.54. The van der Waals surface area contributed by atoms with Crippen LogP contribution in [0.25, 0.3) is 0 Å². The lowest BCUT2D eigenvalue weighted by Crippen LogP contribution is -2.10. The average molecular weight is 209 g/mol. The Bertz CT molecular complexity index is 282. The molecule has 0 saturated carbocycles. The molecule has 0 saturated heterocycles. The van der Waals surface area contributed by atoms with Crippen LogP contribution in [0.5, 0.6) is 5.75 Å². The highest BCUT2D eigenvalue weighted by Gasteiger charge is 2.04. The topological polar surface area (TPSA) is 12.5 Å². The van der Waals surface area contributed by atoms with Crippen LogP contribution < -0.4 is 9.64 Å². The summed E-state index contributed by atoms with van der Waals surface area (Å²) in [6, 6.07) is 6.25. The van der Waals surface area contributed by atoms with Crippen LogP contribution in [0.2, 0.25) is 0 Å². The first-order valence-corrected chi connectivity index (χ1v) is 5.56. The third-order valence-electron chi connectivity index (χ3n) is 1.90. The van der Waals surface area contributed by atoms with E-state index < -0.39 is 0 Å². The minimum absolute atomic E-state index is 0.713. The normalized spacial score (nSPS) is 8.93. The summed E-state index contributed by atoms with van der Waals surface area (Å²) in [7, 11) is 4.04. The van der Waals surface area contributed by atoms with Crippen molar-refractivity contribution >= 4 is 5.69 Å². The van der Waals surface area contributed by atoms with E-state index in [0.29, 0.717) is 6.61 Å². The predicted octanol–water partition coefficient (Wildman–Crippen LogP) is 3.49. The van der Waals surface area contributed by atoms with Gasteiger partial charge in [0.1, 0.15) is 5.75 Å². The summed E-state index contributed by atoms with van der Waals surface area (Å²) in [4.78, 5) is 2.06. The van der Waals surface area contributed by atoms with Gasteiger partial charge < -0.3 is 9.64 Å². The van der Waals surface area contributed by atoms with E-state index in [9.17, 15) is 0 Å². The Hall–Kier alpha value is -1.18. The minimum Gasteiger partial charge on any atom is -0.492 e. The molecular weight excluding hydrogens is 186 g/mol. The van der Waals surface area contributed by atoms with Crippen LogP contribution in [-0.4, -0.2) is 20.7 Å². The lowest BCUT2D eigenvalue weighted by atomic mass is 10.2. The van der Waals surface area contributed by atoms with Gasteiger partial charge in [0.15, 0.2) is 0 Å². The largest absolute Gasteiger partial charge is 0.492 e. The third kappa shape index (κ3) is 4.24. The lowest BCUT2D eigenvalue weighted by molar-refractivity contribution is 0.341. The van der Waals surface area contributed by atoms with Crippen molar-refractivity contribution in [1.29, 1.82) is 0 Å². The molecule has 0 aliphatic rings. The van der Waals surface area contributed by atoms with Gasteiger partial charge in [0.2, 0.25) is 0 Å². The van der Waals surface area contributed by atoms with Crippen molar-refractivity contribution in [1.82, 2.24) is 0 Å². The van der Waals surface area contributed by atoms with E-state index in [1.807, 2.05) is 34.9 Å². The highest BCUT2D eigenvalue weighted by Crippen LogP contribution is 2.27. The quantitative estimate of drug-likeness (QED) is 0.755. The molecule has 2 heteroatoms. The fourth-order valence-electron chi connectivity index (χ4n) is 1.26. The Morgan fingerprint density at radius 1 is 1.20 bits per heavy atom. The second-order valence-corrected chi connectivity index (χ2v) is 3.30. The van der Waals surface area contributed by atoms with Crippen molar-refractivity contribution in [2.24, 2.45) is 0 Å². The average Bonchev–Trinajstić information content (AvgIpc) is 2.21. The number of ether oxygens (including phenoxy) is 1. The Kier molecular flexibility index (Phi) is 6.59. The first-order valence-electron chi connectivity index (χ1n) is 5.56. The van der Waals surface area contributed by atoms with Crippen LogP contribution in [0.15, 0.2) is 18.2 Å². The monoisotopic (exact) mass is 209 g/mol. The fraction of sp³-hybridized carbons (Fsp3) is 0.538. The summed E-state index contributed by atoms with van der Waals surface area (Å²) in [5.41, 5.74) is 2.36. The van der Waals surface area contributed by atoms with Gasteiger partial charge in [-0.05, 0) is 31.5 Å². The summed E-state index contributed by atoms with van der Waals surface area (Å²) in [6.45, 7) is 8.79. The molecule has 1 aromatic carbocycles. The van der Waals surface area contributed by atoms with Crippen molar-refractivity contribution in [3.8, 4) is 5.75 Å². The molecule has 1 aromatic rings. The molecule has 0 aliphatic carbocycles. The number of benzene rings is 1. The van der Waals surface area contributed by atoms with Crippen LogP contribution >= 0.6 is 0 Å². The molecule has 0 amide bonds. The zero-order valence-corrected chi connectivity index (χ0v) is 10.8. The smallest absolute Gasteiger partial charge is 0.142 e. The predicted molar refractivity (Wildman–Crippen MR) is 68.0 cm³/mol. The summed E-state index contributed by atoms with van der Waals surface area (Å²) >= 11 is 0. The van der Waals surface area contributed by atoms with E-state index in [2.05, 4.69) is 30.0 Å². The molecule has 0 aromatic heterocycles. The van der Waals surface area contributed by atoms with Crippen molar-refractivity contribution in [3.63, 3.8) is 0 Å². The minimum atomic E-state index is 0.713. The number of aryl methyl sites for hydroxylation is 1. The molecule has 0 spiro atoms. The van der Waals surface area contributed by atoms with E-state index in [0.717, 1.165) is 11.4 Å². The third-order valence-corrected chi connectivity index (χ3v) is 1.90. The Morgan fingerprint density at radius 3 is 2.27 bits per heavy atom. The first kappa shape index (κ1) is 13.8. The highest BCUT2D eigenvalue weighted by atomic mass is 16.5. The van der Waals surface area contributed by atoms with Gasteiger partial charge in [0.25, 0.3) is 0 Å². The second kappa shape index (κ2) is 7.16. The number of hydrogen-bond acceptors (Lipinski definition) is 2. The van der Waals surface area contributed by atoms with E-state index in [-0.39, 0.29) is 0 Å². The second-order valence-electron chi connectivity index (χ2n) is 3.30. The zero-order valence-electron chi connectivity index (χ0n) is 10.8. The van der Waals surface area contributed by atoms with Gasteiger partial charge in [-0.15, -0.1) is 0 Å². The Labute approximate surface area is 93.9 Å². The van der Waals surface area contributed by atoms with Crippen molar-refractivity contribution in [2.75, 3.05) is 25.6 Å². The molecule has 0 bridgehead atoms.